The van der Waals surface area contributed by atoms with Crippen LogP contribution in [-0.4, -0.2) is 0 Å². The van der Waals surface area contributed by atoms with Crippen molar-refractivity contribution in [2.75, 3.05) is 0 Å². The molecule has 2 rings (SSSR count). The van der Waals surface area contributed by atoms with Gasteiger partial charge in [0, 0.05) is 0 Å². The first kappa shape index (κ1) is 14.4. The van der Waals surface area contributed by atoms with Crippen molar-refractivity contribution in [1.82, 2.24) is 0 Å². The quantitative estimate of drug-likeness (QED) is 0.594. The number of rotatable bonds is 4. The van der Waals surface area contributed by atoms with Gasteiger partial charge in [-0.1, -0.05) is 54.4 Å². The predicted molar refractivity (Wildman–Crippen MR) is 80.5 cm³/mol. The van der Waals surface area contributed by atoms with Gasteiger partial charge in [0.25, 0.3) is 0 Å². The van der Waals surface area contributed by atoms with E-state index in [0.717, 1.165) is 35.5 Å². The van der Waals surface area contributed by atoms with Crippen LogP contribution in [0.15, 0.2) is 0 Å². The fourth-order valence-corrected chi connectivity index (χ4v) is 5.54. The summed E-state index contributed by atoms with van der Waals surface area (Å²) >= 11 is 0. The molecule has 0 saturated heterocycles. The monoisotopic (exact) mass is 250 g/mol. The van der Waals surface area contributed by atoms with Crippen LogP contribution < -0.4 is 0 Å². The van der Waals surface area contributed by atoms with Crippen LogP contribution in [0, 0.1) is 40.9 Å². The van der Waals surface area contributed by atoms with Gasteiger partial charge in [0.2, 0.25) is 0 Å². The molecule has 106 valence electrons. The zero-order chi connectivity index (χ0) is 13.5. The standard InChI is InChI=1S/C18H34/c1-7-8-14(4)18(6)10-9-16(15(18)5)17-12(2)11-13(17)3/h12-17H,7-11H2,1-6H3. The summed E-state index contributed by atoms with van der Waals surface area (Å²) in [4.78, 5) is 0. The first-order valence-electron chi connectivity index (χ1n) is 8.41. The zero-order valence-electron chi connectivity index (χ0n) is 13.5. The Morgan fingerprint density at radius 2 is 1.78 bits per heavy atom. The highest BCUT2D eigenvalue weighted by atomic mass is 14.6. The molecule has 0 aromatic rings. The maximum absolute atomic E-state index is 2.59. The summed E-state index contributed by atoms with van der Waals surface area (Å²) < 4.78 is 0. The Morgan fingerprint density at radius 3 is 2.28 bits per heavy atom. The summed E-state index contributed by atoms with van der Waals surface area (Å²) in [6.45, 7) is 15.0. The third kappa shape index (κ3) is 2.14. The van der Waals surface area contributed by atoms with Crippen LogP contribution in [0.4, 0.5) is 0 Å². The van der Waals surface area contributed by atoms with Gasteiger partial charge in [-0.15, -0.1) is 0 Å². The van der Waals surface area contributed by atoms with Gasteiger partial charge < -0.3 is 0 Å². The Bertz CT molecular complexity index is 274. The third-order valence-corrected chi connectivity index (χ3v) is 7.10. The molecule has 0 aliphatic heterocycles. The summed E-state index contributed by atoms with van der Waals surface area (Å²) in [5, 5.41) is 0. The van der Waals surface area contributed by atoms with E-state index in [1.54, 1.807) is 0 Å². The maximum atomic E-state index is 2.59. The second-order valence-corrected chi connectivity index (χ2v) is 7.95. The van der Waals surface area contributed by atoms with Crippen molar-refractivity contribution in [1.29, 1.82) is 0 Å². The Kier molecular flexibility index (Phi) is 4.14. The molecule has 0 spiro atoms. The lowest BCUT2D eigenvalue weighted by Crippen LogP contribution is -2.42. The lowest BCUT2D eigenvalue weighted by molar-refractivity contribution is 0.00379. The molecule has 2 saturated carbocycles. The molecule has 18 heavy (non-hydrogen) atoms. The third-order valence-electron chi connectivity index (χ3n) is 7.10. The summed E-state index contributed by atoms with van der Waals surface area (Å²) in [5.74, 6) is 5.90. The molecule has 6 unspecified atom stereocenters. The van der Waals surface area contributed by atoms with Crippen LogP contribution in [0.2, 0.25) is 0 Å². The van der Waals surface area contributed by atoms with Crippen molar-refractivity contribution in [3.63, 3.8) is 0 Å². The van der Waals surface area contributed by atoms with E-state index in [-0.39, 0.29) is 0 Å². The van der Waals surface area contributed by atoms with Crippen LogP contribution in [0.1, 0.15) is 73.6 Å². The molecule has 2 fully saturated rings. The summed E-state index contributed by atoms with van der Waals surface area (Å²) in [6.07, 6.45) is 7.24. The summed E-state index contributed by atoms with van der Waals surface area (Å²) in [7, 11) is 0. The molecule has 0 heterocycles. The highest BCUT2D eigenvalue weighted by Crippen LogP contribution is 2.59. The molecule has 0 nitrogen and oxygen atoms in total. The van der Waals surface area contributed by atoms with E-state index in [1.165, 1.54) is 32.1 Å². The second kappa shape index (κ2) is 5.17. The molecule has 0 heteroatoms. The van der Waals surface area contributed by atoms with Crippen molar-refractivity contribution >= 4 is 0 Å². The van der Waals surface area contributed by atoms with Gasteiger partial charge in [-0.05, 0) is 60.2 Å². The molecule has 6 atom stereocenters. The second-order valence-electron chi connectivity index (χ2n) is 7.95. The van der Waals surface area contributed by atoms with Crippen molar-refractivity contribution in [3.05, 3.63) is 0 Å². The average Bonchev–Trinajstić information content (AvgIpc) is 2.59. The molecule has 2 aliphatic carbocycles. The van der Waals surface area contributed by atoms with Gasteiger partial charge in [0.1, 0.15) is 0 Å². The van der Waals surface area contributed by atoms with E-state index < -0.39 is 0 Å². The first-order valence-corrected chi connectivity index (χ1v) is 8.41. The number of hydrogen-bond donors (Lipinski definition) is 0. The molecule has 0 aromatic carbocycles. The van der Waals surface area contributed by atoms with Gasteiger partial charge in [-0.2, -0.15) is 0 Å². The van der Waals surface area contributed by atoms with Crippen LogP contribution in [0.25, 0.3) is 0 Å². The molecule has 0 amide bonds. The fourth-order valence-electron chi connectivity index (χ4n) is 5.54. The molecule has 0 N–H and O–H groups in total. The first-order chi connectivity index (χ1) is 8.41. The lowest BCUT2D eigenvalue weighted by atomic mass is 9.57. The van der Waals surface area contributed by atoms with Crippen molar-refractivity contribution in [2.45, 2.75) is 73.6 Å². The largest absolute Gasteiger partial charge is 0.0654 e. The van der Waals surface area contributed by atoms with E-state index in [4.69, 9.17) is 0 Å². The summed E-state index contributed by atoms with van der Waals surface area (Å²) in [6, 6.07) is 0. The fraction of sp³-hybridized carbons (Fsp3) is 1.00. The van der Waals surface area contributed by atoms with E-state index in [2.05, 4.69) is 41.5 Å². The topological polar surface area (TPSA) is 0 Å². The predicted octanol–water partition coefficient (Wildman–Crippen LogP) is 5.77. The van der Waals surface area contributed by atoms with Crippen LogP contribution in [0.3, 0.4) is 0 Å². The van der Waals surface area contributed by atoms with Gasteiger partial charge in [0.05, 0.1) is 0 Å². The van der Waals surface area contributed by atoms with Gasteiger partial charge in [0.15, 0.2) is 0 Å². The number of hydrogen-bond acceptors (Lipinski definition) is 0. The minimum Gasteiger partial charge on any atom is -0.0654 e. The van der Waals surface area contributed by atoms with Crippen molar-refractivity contribution < 1.29 is 0 Å². The normalized spacial score (nSPS) is 50.0. The van der Waals surface area contributed by atoms with Crippen molar-refractivity contribution in [2.24, 2.45) is 40.9 Å². The van der Waals surface area contributed by atoms with Crippen LogP contribution in [0.5, 0.6) is 0 Å². The molecular weight excluding hydrogens is 216 g/mol. The minimum absolute atomic E-state index is 0.621. The van der Waals surface area contributed by atoms with Gasteiger partial charge >= 0.3 is 0 Å². The molecular formula is C18H34. The minimum atomic E-state index is 0.621. The van der Waals surface area contributed by atoms with Crippen LogP contribution in [-0.2, 0) is 0 Å². The van der Waals surface area contributed by atoms with E-state index in [1.807, 2.05) is 0 Å². The maximum Gasteiger partial charge on any atom is -0.0272 e. The van der Waals surface area contributed by atoms with Crippen molar-refractivity contribution in [3.8, 4) is 0 Å². The SMILES string of the molecule is CCCC(C)C1(C)CCC(C2C(C)CC2C)C1C. The Labute approximate surface area is 115 Å². The smallest absolute Gasteiger partial charge is 0.0272 e. The highest BCUT2D eigenvalue weighted by Gasteiger charge is 2.51. The Morgan fingerprint density at radius 1 is 1.17 bits per heavy atom. The Balaban J connectivity index is 2.06. The molecule has 0 aromatic heterocycles. The average molecular weight is 250 g/mol. The Hall–Kier alpha value is 0. The van der Waals surface area contributed by atoms with E-state index in [9.17, 15) is 0 Å². The van der Waals surface area contributed by atoms with E-state index >= 15 is 0 Å². The highest BCUT2D eigenvalue weighted by molar-refractivity contribution is 5.00. The lowest BCUT2D eigenvalue weighted by Gasteiger charge is -2.48. The molecule has 0 radical (unpaired) electrons. The summed E-state index contributed by atoms with van der Waals surface area (Å²) in [5.41, 5.74) is 0.621. The molecule has 2 aliphatic rings. The van der Waals surface area contributed by atoms with E-state index in [0.29, 0.717) is 5.41 Å². The van der Waals surface area contributed by atoms with Crippen LogP contribution >= 0.6 is 0 Å². The van der Waals surface area contributed by atoms with Gasteiger partial charge in [-0.3, -0.25) is 0 Å². The van der Waals surface area contributed by atoms with Gasteiger partial charge in [-0.25, -0.2) is 0 Å². The zero-order valence-corrected chi connectivity index (χ0v) is 13.5. The molecule has 0 bridgehead atoms.